The molecule has 17 heavy (non-hydrogen) atoms. The zero-order valence-electron chi connectivity index (χ0n) is 9.18. The van der Waals surface area contributed by atoms with E-state index in [1.54, 1.807) is 12.1 Å². The summed E-state index contributed by atoms with van der Waals surface area (Å²) in [6.45, 7) is 1.98. The van der Waals surface area contributed by atoms with Crippen LogP contribution < -0.4 is 0 Å². The minimum Gasteiger partial charge on any atom is -0.258 e. The highest BCUT2D eigenvalue weighted by Gasteiger charge is 2.07. The summed E-state index contributed by atoms with van der Waals surface area (Å²) in [4.78, 5) is 10.1. The van der Waals surface area contributed by atoms with Crippen molar-refractivity contribution in [2.24, 2.45) is 0 Å². The molecular formula is C13H10ClNO2. The van der Waals surface area contributed by atoms with Gasteiger partial charge in [-0.1, -0.05) is 17.7 Å². The molecule has 2 aromatic rings. The molecule has 86 valence electrons. The molecule has 4 heteroatoms. The van der Waals surface area contributed by atoms with E-state index in [1.165, 1.54) is 12.1 Å². The van der Waals surface area contributed by atoms with Gasteiger partial charge in [0.1, 0.15) is 0 Å². The number of aryl methyl sites for hydroxylation is 1. The van der Waals surface area contributed by atoms with E-state index in [9.17, 15) is 10.1 Å². The molecule has 0 amide bonds. The molecule has 0 radical (unpaired) electrons. The largest absolute Gasteiger partial charge is 0.269 e. The smallest absolute Gasteiger partial charge is 0.258 e. The molecule has 0 saturated heterocycles. The molecule has 0 bridgehead atoms. The lowest BCUT2D eigenvalue weighted by molar-refractivity contribution is -0.384. The fourth-order valence-corrected chi connectivity index (χ4v) is 1.84. The number of benzene rings is 2. The first-order valence-electron chi connectivity index (χ1n) is 5.09. The van der Waals surface area contributed by atoms with Crippen LogP contribution in [-0.2, 0) is 0 Å². The van der Waals surface area contributed by atoms with Crippen molar-refractivity contribution in [3.8, 4) is 11.1 Å². The van der Waals surface area contributed by atoms with Crippen LogP contribution in [0.1, 0.15) is 5.56 Å². The summed E-state index contributed by atoms with van der Waals surface area (Å²) in [6, 6.07) is 12.1. The van der Waals surface area contributed by atoms with E-state index in [0.29, 0.717) is 5.02 Å². The Morgan fingerprint density at radius 3 is 2.35 bits per heavy atom. The van der Waals surface area contributed by atoms with Gasteiger partial charge in [0, 0.05) is 17.2 Å². The number of nitrogens with zero attached hydrogens (tertiary/aromatic N) is 1. The maximum atomic E-state index is 10.6. The highest BCUT2D eigenvalue weighted by atomic mass is 35.5. The molecule has 0 spiro atoms. The van der Waals surface area contributed by atoms with Gasteiger partial charge in [-0.15, -0.1) is 0 Å². The molecular weight excluding hydrogens is 238 g/mol. The number of nitro groups is 1. The average Bonchev–Trinajstić information content (AvgIpc) is 2.32. The summed E-state index contributed by atoms with van der Waals surface area (Å²) >= 11 is 5.94. The molecule has 0 fully saturated rings. The van der Waals surface area contributed by atoms with E-state index < -0.39 is 4.92 Å². The summed E-state index contributed by atoms with van der Waals surface area (Å²) in [5.74, 6) is 0. The van der Waals surface area contributed by atoms with E-state index in [2.05, 4.69) is 0 Å². The number of hydrogen-bond donors (Lipinski definition) is 0. The molecule has 3 nitrogen and oxygen atoms in total. The Hall–Kier alpha value is -1.87. The van der Waals surface area contributed by atoms with Crippen molar-refractivity contribution >= 4 is 17.3 Å². The third-order valence-electron chi connectivity index (χ3n) is 2.59. The topological polar surface area (TPSA) is 43.1 Å². The molecule has 0 N–H and O–H groups in total. The summed E-state index contributed by atoms with van der Waals surface area (Å²) in [6.07, 6.45) is 0. The Labute approximate surface area is 104 Å². The second-order valence-corrected chi connectivity index (χ2v) is 4.20. The summed E-state index contributed by atoms with van der Waals surface area (Å²) in [5.41, 5.74) is 3.10. The molecule has 0 atom stereocenters. The predicted molar refractivity (Wildman–Crippen MR) is 68.3 cm³/mol. The van der Waals surface area contributed by atoms with Gasteiger partial charge < -0.3 is 0 Å². The maximum absolute atomic E-state index is 10.6. The first-order valence-corrected chi connectivity index (χ1v) is 5.47. The van der Waals surface area contributed by atoms with E-state index >= 15 is 0 Å². The molecule has 2 aromatic carbocycles. The van der Waals surface area contributed by atoms with Crippen molar-refractivity contribution in [3.05, 3.63) is 63.2 Å². The quantitative estimate of drug-likeness (QED) is 0.589. The van der Waals surface area contributed by atoms with Crippen LogP contribution >= 0.6 is 11.6 Å². The van der Waals surface area contributed by atoms with Gasteiger partial charge in [-0.05, 0) is 47.9 Å². The molecule has 0 saturated carbocycles. The molecule has 0 aliphatic carbocycles. The highest BCUT2D eigenvalue weighted by molar-refractivity contribution is 6.30. The summed E-state index contributed by atoms with van der Waals surface area (Å²) < 4.78 is 0. The van der Waals surface area contributed by atoms with Gasteiger partial charge in [0.05, 0.1) is 4.92 Å². The Kier molecular flexibility index (Phi) is 3.11. The van der Waals surface area contributed by atoms with Gasteiger partial charge in [-0.3, -0.25) is 10.1 Å². The number of nitro benzene ring substituents is 1. The Balaban J connectivity index is 2.46. The van der Waals surface area contributed by atoms with Crippen molar-refractivity contribution in [2.45, 2.75) is 6.92 Å². The average molecular weight is 248 g/mol. The Morgan fingerprint density at radius 1 is 1.12 bits per heavy atom. The molecule has 0 aliphatic heterocycles. The van der Waals surface area contributed by atoms with Crippen LogP contribution in [0.2, 0.25) is 5.02 Å². The van der Waals surface area contributed by atoms with Crippen molar-refractivity contribution in [3.63, 3.8) is 0 Å². The molecule has 0 aromatic heterocycles. The molecule has 0 aliphatic rings. The third-order valence-corrected chi connectivity index (χ3v) is 2.82. The SMILES string of the molecule is Cc1ccc(Cl)cc1-c1ccc([N+](=O)[O-])cc1. The van der Waals surface area contributed by atoms with Crippen LogP contribution in [0.15, 0.2) is 42.5 Å². The van der Waals surface area contributed by atoms with Gasteiger partial charge in [0.25, 0.3) is 5.69 Å². The van der Waals surface area contributed by atoms with Crippen molar-refractivity contribution in [2.75, 3.05) is 0 Å². The van der Waals surface area contributed by atoms with Crippen LogP contribution in [0, 0.1) is 17.0 Å². The van der Waals surface area contributed by atoms with E-state index in [1.807, 2.05) is 25.1 Å². The second-order valence-electron chi connectivity index (χ2n) is 3.76. The fourth-order valence-electron chi connectivity index (χ4n) is 1.67. The van der Waals surface area contributed by atoms with Crippen molar-refractivity contribution < 1.29 is 4.92 Å². The standard InChI is InChI=1S/C13H10ClNO2/c1-9-2-5-11(14)8-13(9)10-3-6-12(7-4-10)15(16)17/h2-8H,1H3. The van der Waals surface area contributed by atoms with Crippen LogP contribution in [-0.4, -0.2) is 4.92 Å². The molecule has 0 unspecified atom stereocenters. The second kappa shape index (κ2) is 4.55. The van der Waals surface area contributed by atoms with Crippen LogP contribution in [0.25, 0.3) is 11.1 Å². The molecule has 0 heterocycles. The summed E-state index contributed by atoms with van der Waals surface area (Å²) in [7, 11) is 0. The van der Waals surface area contributed by atoms with Crippen molar-refractivity contribution in [1.29, 1.82) is 0 Å². The van der Waals surface area contributed by atoms with E-state index in [4.69, 9.17) is 11.6 Å². The monoisotopic (exact) mass is 247 g/mol. The maximum Gasteiger partial charge on any atom is 0.269 e. The zero-order valence-corrected chi connectivity index (χ0v) is 9.94. The Bertz CT molecular complexity index is 564. The van der Waals surface area contributed by atoms with Crippen LogP contribution in [0.4, 0.5) is 5.69 Å². The normalized spacial score (nSPS) is 10.2. The van der Waals surface area contributed by atoms with Gasteiger partial charge in [0.15, 0.2) is 0 Å². The number of non-ortho nitro benzene ring substituents is 1. The lowest BCUT2D eigenvalue weighted by Crippen LogP contribution is -1.88. The minimum atomic E-state index is -0.408. The predicted octanol–water partition coefficient (Wildman–Crippen LogP) is 4.22. The lowest BCUT2D eigenvalue weighted by Gasteiger charge is -2.06. The molecule has 2 rings (SSSR count). The van der Waals surface area contributed by atoms with Gasteiger partial charge in [-0.2, -0.15) is 0 Å². The van der Waals surface area contributed by atoms with Gasteiger partial charge in [-0.25, -0.2) is 0 Å². The highest BCUT2D eigenvalue weighted by Crippen LogP contribution is 2.27. The lowest BCUT2D eigenvalue weighted by atomic mass is 10.0. The number of hydrogen-bond acceptors (Lipinski definition) is 2. The van der Waals surface area contributed by atoms with E-state index in [-0.39, 0.29) is 5.69 Å². The van der Waals surface area contributed by atoms with Crippen molar-refractivity contribution in [1.82, 2.24) is 0 Å². The number of halogens is 1. The number of rotatable bonds is 2. The van der Waals surface area contributed by atoms with E-state index in [0.717, 1.165) is 16.7 Å². The Morgan fingerprint density at radius 2 is 1.76 bits per heavy atom. The van der Waals surface area contributed by atoms with Crippen LogP contribution in [0.5, 0.6) is 0 Å². The third kappa shape index (κ3) is 2.45. The summed E-state index contributed by atoms with van der Waals surface area (Å²) in [5, 5.41) is 11.2. The zero-order chi connectivity index (χ0) is 12.4. The van der Waals surface area contributed by atoms with Crippen LogP contribution in [0.3, 0.4) is 0 Å². The van der Waals surface area contributed by atoms with Gasteiger partial charge >= 0.3 is 0 Å². The van der Waals surface area contributed by atoms with Gasteiger partial charge in [0.2, 0.25) is 0 Å². The fraction of sp³-hybridized carbons (Fsp3) is 0.0769. The first kappa shape index (κ1) is 11.6. The first-order chi connectivity index (χ1) is 8.08. The minimum absolute atomic E-state index is 0.0911.